The summed E-state index contributed by atoms with van der Waals surface area (Å²) in [5, 5.41) is 9.02. The van der Waals surface area contributed by atoms with E-state index in [9.17, 15) is 4.79 Å². The maximum absolute atomic E-state index is 11.0. The maximum Gasteiger partial charge on any atom is 0.327 e. The first-order valence-corrected chi connectivity index (χ1v) is 10.4. The molecule has 0 aromatic carbocycles. The Morgan fingerprint density at radius 2 is 1.71 bits per heavy atom. The van der Waals surface area contributed by atoms with E-state index in [1.807, 2.05) is 6.08 Å². The molecule has 0 spiro atoms. The third-order valence-electron chi connectivity index (χ3n) is 9.13. The highest BCUT2D eigenvalue weighted by atomic mass is 16.4. The van der Waals surface area contributed by atoms with Gasteiger partial charge in [0, 0.05) is 6.08 Å². The SMILES string of the molecule is C[C@]12CCCC[C@H]1CC[C@@H]1[C@@H]2CC[C@]2(C)[C@@H](C=CC(=O)O)CC[C@@H]12. The summed E-state index contributed by atoms with van der Waals surface area (Å²) in [6, 6.07) is 0. The van der Waals surface area contributed by atoms with E-state index < -0.39 is 5.97 Å². The lowest BCUT2D eigenvalue weighted by atomic mass is 9.45. The van der Waals surface area contributed by atoms with Gasteiger partial charge in [0.05, 0.1) is 0 Å². The Labute approximate surface area is 147 Å². The molecule has 0 aromatic rings. The number of allylic oxidation sites excluding steroid dienone is 1. The van der Waals surface area contributed by atoms with Crippen molar-refractivity contribution in [2.45, 2.75) is 78.1 Å². The molecule has 0 unspecified atom stereocenters. The number of carbonyl (C=O) groups is 1. The molecule has 134 valence electrons. The third kappa shape index (κ3) is 2.39. The minimum Gasteiger partial charge on any atom is -0.478 e. The highest BCUT2D eigenvalue weighted by molar-refractivity contribution is 5.79. The molecule has 0 heterocycles. The van der Waals surface area contributed by atoms with Crippen LogP contribution in [-0.2, 0) is 4.79 Å². The van der Waals surface area contributed by atoms with Crippen LogP contribution in [0.3, 0.4) is 0 Å². The summed E-state index contributed by atoms with van der Waals surface area (Å²) in [7, 11) is 0. The van der Waals surface area contributed by atoms with Gasteiger partial charge in [-0.1, -0.05) is 32.8 Å². The van der Waals surface area contributed by atoms with Crippen LogP contribution in [0.2, 0.25) is 0 Å². The Hall–Kier alpha value is -0.790. The molecule has 0 amide bonds. The third-order valence-corrected chi connectivity index (χ3v) is 9.13. The van der Waals surface area contributed by atoms with Gasteiger partial charge in [-0.15, -0.1) is 0 Å². The molecule has 24 heavy (non-hydrogen) atoms. The number of fused-ring (bicyclic) bond motifs is 5. The zero-order valence-electron chi connectivity index (χ0n) is 15.5. The van der Waals surface area contributed by atoms with E-state index in [2.05, 4.69) is 13.8 Å². The quantitative estimate of drug-likeness (QED) is 0.662. The fraction of sp³-hybridized carbons (Fsp3) is 0.864. The van der Waals surface area contributed by atoms with Gasteiger partial charge in [0.2, 0.25) is 0 Å². The monoisotopic (exact) mass is 330 g/mol. The van der Waals surface area contributed by atoms with E-state index in [0.717, 1.165) is 23.7 Å². The van der Waals surface area contributed by atoms with Gasteiger partial charge in [0.25, 0.3) is 0 Å². The van der Waals surface area contributed by atoms with Crippen molar-refractivity contribution in [3.05, 3.63) is 12.2 Å². The zero-order chi connectivity index (χ0) is 16.9. The van der Waals surface area contributed by atoms with Crippen LogP contribution in [0.15, 0.2) is 12.2 Å². The molecule has 4 aliphatic rings. The number of hydrogen-bond donors (Lipinski definition) is 1. The summed E-state index contributed by atoms with van der Waals surface area (Å²) in [4.78, 5) is 11.0. The van der Waals surface area contributed by atoms with Crippen molar-refractivity contribution in [3.8, 4) is 0 Å². The smallest absolute Gasteiger partial charge is 0.327 e. The van der Waals surface area contributed by atoms with Crippen LogP contribution in [0, 0.1) is 40.4 Å². The van der Waals surface area contributed by atoms with Crippen molar-refractivity contribution >= 4 is 5.97 Å². The normalized spacial score (nSPS) is 51.0. The van der Waals surface area contributed by atoms with E-state index >= 15 is 0 Å². The standard InChI is InChI=1S/C22H34O2/c1-21-13-4-3-5-15(21)6-9-17-18-10-7-16(8-11-20(23)24)22(18,2)14-12-19(17)21/h8,11,15-19H,3-7,9-10,12-14H2,1-2H3,(H,23,24)/t15-,16+,17-,18-,19-,21-,22+/m0/s1. The first-order valence-electron chi connectivity index (χ1n) is 10.4. The van der Waals surface area contributed by atoms with Crippen molar-refractivity contribution in [1.82, 2.24) is 0 Å². The Morgan fingerprint density at radius 3 is 2.50 bits per heavy atom. The lowest BCUT2D eigenvalue weighted by Crippen LogP contribution is -2.52. The van der Waals surface area contributed by atoms with Crippen LogP contribution in [-0.4, -0.2) is 11.1 Å². The van der Waals surface area contributed by atoms with Crippen LogP contribution >= 0.6 is 0 Å². The minimum absolute atomic E-state index is 0.352. The van der Waals surface area contributed by atoms with Gasteiger partial charge in [-0.3, -0.25) is 0 Å². The van der Waals surface area contributed by atoms with Crippen molar-refractivity contribution in [1.29, 1.82) is 0 Å². The lowest BCUT2D eigenvalue weighted by Gasteiger charge is -2.60. The molecule has 2 heteroatoms. The Morgan fingerprint density at radius 1 is 0.917 bits per heavy atom. The van der Waals surface area contributed by atoms with Gasteiger partial charge in [0.15, 0.2) is 0 Å². The van der Waals surface area contributed by atoms with Gasteiger partial charge in [-0.05, 0) is 91.8 Å². The summed E-state index contributed by atoms with van der Waals surface area (Å²) in [6.07, 6.45) is 17.4. The Balaban J connectivity index is 1.58. The predicted octanol–water partition coefficient (Wildman–Crippen LogP) is 5.68. The van der Waals surface area contributed by atoms with Crippen molar-refractivity contribution in [2.75, 3.05) is 0 Å². The first kappa shape index (κ1) is 16.7. The summed E-state index contributed by atoms with van der Waals surface area (Å²) >= 11 is 0. The second kappa shape index (κ2) is 5.88. The molecule has 2 nitrogen and oxygen atoms in total. The van der Waals surface area contributed by atoms with Crippen LogP contribution in [0.5, 0.6) is 0 Å². The van der Waals surface area contributed by atoms with Gasteiger partial charge in [-0.2, -0.15) is 0 Å². The zero-order valence-corrected chi connectivity index (χ0v) is 15.5. The molecule has 7 atom stereocenters. The largest absolute Gasteiger partial charge is 0.478 e. The summed E-state index contributed by atoms with van der Waals surface area (Å²) in [5.74, 6) is 3.37. The van der Waals surface area contributed by atoms with Gasteiger partial charge < -0.3 is 5.11 Å². The molecule has 4 fully saturated rings. The topological polar surface area (TPSA) is 37.3 Å². The predicted molar refractivity (Wildman–Crippen MR) is 96.6 cm³/mol. The molecule has 4 aliphatic carbocycles. The van der Waals surface area contributed by atoms with Crippen molar-refractivity contribution in [3.63, 3.8) is 0 Å². The summed E-state index contributed by atoms with van der Waals surface area (Å²) in [6.45, 7) is 5.11. The highest BCUT2D eigenvalue weighted by Crippen LogP contribution is 2.67. The first-order chi connectivity index (χ1) is 11.4. The van der Waals surface area contributed by atoms with Gasteiger partial charge in [0.1, 0.15) is 0 Å². The second-order valence-electron chi connectivity index (χ2n) is 9.83. The molecule has 1 N–H and O–H groups in total. The number of aliphatic carboxylic acids is 1. The molecular formula is C22H34O2. The van der Waals surface area contributed by atoms with Gasteiger partial charge in [-0.25, -0.2) is 4.79 Å². The fourth-order valence-corrected chi connectivity index (χ4v) is 7.85. The molecule has 0 aliphatic heterocycles. The van der Waals surface area contributed by atoms with Crippen LogP contribution in [0.4, 0.5) is 0 Å². The summed E-state index contributed by atoms with van der Waals surface area (Å²) < 4.78 is 0. The second-order valence-corrected chi connectivity index (χ2v) is 9.83. The molecule has 4 saturated carbocycles. The fourth-order valence-electron chi connectivity index (χ4n) is 7.85. The van der Waals surface area contributed by atoms with Crippen LogP contribution < -0.4 is 0 Å². The van der Waals surface area contributed by atoms with Crippen LogP contribution in [0.25, 0.3) is 0 Å². The van der Waals surface area contributed by atoms with Crippen LogP contribution in [0.1, 0.15) is 78.1 Å². The molecule has 0 bridgehead atoms. The molecule has 4 rings (SSSR count). The average molecular weight is 331 g/mol. The van der Waals surface area contributed by atoms with Crippen molar-refractivity contribution < 1.29 is 9.90 Å². The molecule has 0 radical (unpaired) electrons. The Bertz CT molecular complexity index is 538. The number of carboxylic acid groups (broad SMARTS) is 1. The Kier molecular flexibility index (Phi) is 4.09. The number of rotatable bonds is 2. The van der Waals surface area contributed by atoms with E-state index in [-0.39, 0.29) is 0 Å². The summed E-state index contributed by atoms with van der Waals surface area (Å²) in [5.41, 5.74) is 0.961. The average Bonchev–Trinajstić information content (AvgIpc) is 2.89. The van der Waals surface area contributed by atoms with E-state index in [0.29, 0.717) is 16.7 Å². The van der Waals surface area contributed by atoms with E-state index in [1.54, 1.807) is 0 Å². The number of hydrogen-bond acceptors (Lipinski definition) is 1. The molecular weight excluding hydrogens is 296 g/mol. The highest BCUT2D eigenvalue weighted by Gasteiger charge is 2.59. The van der Waals surface area contributed by atoms with Crippen molar-refractivity contribution in [2.24, 2.45) is 40.4 Å². The van der Waals surface area contributed by atoms with E-state index in [1.165, 1.54) is 70.3 Å². The minimum atomic E-state index is -0.786. The maximum atomic E-state index is 11.0. The van der Waals surface area contributed by atoms with Gasteiger partial charge >= 0.3 is 5.97 Å². The number of carboxylic acids is 1. The lowest BCUT2D eigenvalue weighted by molar-refractivity contribution is -0.131. The molecule has 0 aromatic heterocycles. The van der Waals surface area contributed by atoms with E-state index in [4.69, 9.17) is 5.11 Å². The molecule has 0 saturated heterocycles.